The number of carbonyl (C=O) groups is 1. The van der Waals surface area contributed by atoms with Gasteiger partial charge in [-0.15, -0.1) is 0 Å². The SMILES string of the molecule is O=C(O)C1(NC2CCOC3(CCC3)C2)CC1. The van der Waals surface area contributed by atoms with Crippen molar-refractivity contribution in [2.24, 2.45) is 0 Å². The molecule has 1 saturated heterocycles. The molecule has 3 rings (SSSR count). The van der Waals surface area contributed by atoms with Crippen LogP contribution in [0.2, 0.25) is 0 Å². The third-order valence-electron chi connectivity index (χ3n) is 4.40. The minimum absolute atomic E-state index is 0.102. The van der Waals surface area contributed by atoms with E-state index in [1.54, 1.807) is 0 Å². The highest BCUT2D eigenvalue weighted by Crippen LogP contribution is 2.44. The van der Waals surface area contributed by atoms with E-state index in [0.717, 1.165) is 45.1 Å². The van der Waals surface area contributed by atoms with Gasteiger partial charge in [0.05, 0.1) is 5.60 Å². The summed E-state index contributed by atoms with van der Waals surface area (Å²) in [6.07, 6.45) is 7.10. The van der Waals surface area contributed by atoms with Crippen molar-refractivity contribution >= 4 is 5.97 Å². The summed E-state index contributed by atoms with van der Waals surface area (Å²) in [6.45, 7) is 0.785. The van der Waals surface area contributed by atoms with E-state index in [1.165, 1.54) is 6.42 Å². The van der Waals surface area contributed by atoms with Gasteiger partial charge in [0.2, 0.25) is 0 Å². The van der Waals surface area contributed by atoms with Crippen LogP contribution in [0.25, 0.3) is 0 Å². The summed E-state index contributed by atoms with van der Waals surface area (Å²) >= 11 is 0. The predicted octanol–water partition coefficient (Wildman–Crippen LogP) is 1.29. The Morgan fingerprint density at radius 3 is 2.56 bits per heavy atom. The molecule has 1 atom stereocenters. The number of hydrogen-bond donors (Lipinski definition) is 2. The van der Waals surface area contributed by atoms with Gasteiger partial charge in [0.15, 0.2) is 0 Å². The van der Waals surface area contributed by atoms with Crippen LogP contribution in [-0.4, -0.2) is 34.9 Å². The molecule has 1 spiro atoms. The van der Waals surface area contributed by atoms with Crippen molar-refractivity contribution in [2.75, 3.05) is 6.61 Å². The molecule has 1 unspecified atom stereocenters. The van der Waals surface area contributed by atoms with Gasteiger partial charge < -0.3 is 9.84 Å². The number of aliphatic carboxylic acids is 1. The summed E-state index contributed by atoms with van der Waals surface area (Å²) in [4.78, 5) is 11.1. The molecule has 0 radical (unpaired) electrons. The highest BCUT2D eigenvalue weighted by Gasteiger charge is 2.53. The van der Waals surface area contributed by atoms with Crippen LogP contribution < -0.4 is 5.32 Å². The van der Waals surface area contributed by atoms with E-state index >= 15 is 0 Å². The quantitative estimate of drug-likeness (QED) is 0.760. The first-order chi connectivity index (χ1) is 7.64. The number of carboxylic acid groups (broad SMARTS) is 1. The summed E-state index contributed by atoms with van der Waals surface area (Å²) in [6, 6.07) is 0.340. The maximum absolute atomic E-state index is 11.1. The lowest BCUT2D eigenvalue weighted by Crippen LogP contribution is -2.55. The molecule has 2 saturated carbocycles. The Labute approximate surface area is 95.4 Å². The molecule has 0 amide bonds. The number of ether oxygens (including phenoxy) is 1. The molecule has 4 nitrogen and oxygen atoms in total. The Morgan fingerprint density at radius 1 is 1.31 bits per heavy atom. The van der Waals surface area contributed by atoms with E-state index in [0.29, 0.717) is 6.04 Å². The van der Waals surface area contributed by atoms with Crippen molar-refractivity contribution in [3.05, 3.63) is 0 Å². The molecule has 2 aliphatic carbocycles. The molecule has 0 aromatic carbocycles. The van der Waals surface area contributed by atoms with E-state index < -0.39 is 11.5 Å². The molecule has 2 N–H and O–H groups in total. The van der Waals surface area contributed by atoms with Crippen molar-refractivity contribution in [3.8, 4) is 0 Å². The van der Waals surface area contributed by atoms with E-state index in [9.17, 15) is 4.79 Å². The van der Waals surface area contributed by atoms with E-state index in [-0.39, 0.29) is 5.60 Å². The van der Waals surface area contributed by atoms with Gasteiger partial charge in [-0.1, -0.05) is 0 Å². The monoisotopic (exact) mass is 225 g/mol. The molecule has 3 fully saturated rings. The fourth-order valence-corrected chi connectivity index (χ4v) is 3.01. The van der Waals surface area contributed by atoms with Crippen LogP contribution in [-0.2, 0) is 9.53 Å². The Hall–Kier alpha value is -0.610. The molecule has 90 valence electrons. The summed E-state index contributed by atoms with van der Waals surface area (Å²) < 4.78 is 5.84. The molecule has 1 aliphatic heterocycles. The first kappa shape index (κ1) is 10.5. The molecule has 16 heavy (non-hydrogen) atoms. The first-order valence-corrected chi connectivity index (χ1v) is 6.29. The van der Waals surface area contributed by atoms with Crippen molar-refractivity contribution in [2.45, 2.75) is 62.1 Å². The van der Waals surface area contributed by atoms with Crippen LogP contribution in [0.1, 0.15) is 44.9 Å². The minimum atomic E-state index is -0.679. The molecule has 0 bridgehead atoms. The smallest absolute Gasteiger partial charge is 0.323 e. The molecule has 3 aliphatic rings. The predicted molar refractivity (Wildman–Crippen MR) is 58.3 cm³/mol. The average molecular weight is 225 g/mol. The van der Waals surface area contributed by atoms with Crippen LogP contribution >= 0.6 is 0 Å². The third kappa shape index (κ3) is 1.64. The summed E-state index contributed by atoms with van der Waals surface area (Å²) in [5, 5.41) is 12.5. The maximum atomic E-state index is 11.1. The van der Waals surface area contributed by atoms with Crippen LogP contribution in [0.4, 0.5) is 0 Å². The van der Waals surface area contributed by atoms with Gasteiger partial charge in [-0.3, -0.25) is 10.1 Å². The standard InChI is InChI=1S/C12H19NO3/c14-10(15)12(5-6-12)13-9-2-7-16-11(8-9)3-1-4-11/h9,13H,1-8H2,(H,14,15). The molecule has 1 heterocycles. The highest BCUT2D eigenvalue weighted by atomic mass is 16.5. The average Bonchev–Trinajstić information content (AvgIpc) is 2.97. The number of carboxylic acids is 1. The van der Waals surface area contributed by atoms with Gasteiger partial charge >= 0.3 is 5.97 Å². The zero-order valence-electron chi connectivity index (χ0n) is 9.50. The fraction of sp³-hybridized carbons (Fsp3) is 0.917. The number of hydrogen-bond acceptors (Lipinski definition) is 3. The van der Waals surface area contributed by atoms with Crippen LogP contribution in [0.15, 0.2) is 0 Å². The van der Waals surface area contributed by atoms with E-state index in [2.05, 4.69) is 5.32 Å². The summed E-state index contributed by atoms with van der Waals surface area (Å²) in [7, 11) is 0. The highest BCUT2D eigenvalue weighted by molar-refractivity contribution is 5.82. The lowest BCUT2D eigenvalue weighted by atomic mass is 9.74. The Morgan fingerprint density at radius 2 is 2.06 bits per heavy atom. The lowest BCUT2D eigenvalue weighted by Gasteiger charge is -2.47. The molecular weight excluding hydrogens is 206 g/mol. The topological polar surface area (TPSA) is 58.6 Å². The van der Waals surface area contributed by atoms with Crippen molar-refractivity contribution in [3.63, 3.8) is 0 Å². The van der Waals surface area contributed by atoms with Crippen LogP contribution in [0.3, 0.4) is 0 Å². The van der Waals surface area contributed by atoms with Crippen molar-refractivity contribution < 1.29 is 14.6 Å². The van der Waals surface area contributed by atoms with Gasteiger partial charge in [-0.25, -0.2) is 0 Å². The molecule has 4 heteroatoms. The van der Waals surface area contributed by atoms with Gasteiger partial charge in [-0.2, -0.15) is 0 Å². The van der Waals surface area contributed by atoms with Gasteiger partial charge in [0.1, 0.15) is 5.54 Å². The number of nitrogens with one attached hydrogen (secondary N) is 1. The second kappa shape index (κ2) is 3.44. The summed E-state index contributed by atoms with van der Waals surface area (Å²) in [5.74, 6) is -0.679. The lowest BCUT2D eigenvalue weighted by molar-refractivity contribution is -0.147. The fourth-order valence-electron chi connectivity index (χ4n) is 3.01. The zero-order valence-corrected chi connectivity index (χ0v) is 9.50. The normalized spacial score (nSPS) is 34.4. The zero-order chi connectivity index (χ0) is 11.2. The molecular formula is C12H19NO3. The van der Waals surface area contributed by atoms with E-state index in [1.807, 2.05) is 0 Å². The Kier molecular flexibility index (Phi) is 2.27. The largest absolute Gasteiger partial charge is 0.480 e. The van der Waals surface area contributed by atoms with Crippen molar-refractivity contribution in [1.29, 1.82) is 0 Å². The van der Waals surface area contributed by atoms with Crippen LogP contribution in [0.5, 0.6) is 0 Å². The van der Waals surface area contributed by atoms with Crippen molar-refractivity contribution in [1.82, 2.24) is 5.32 Å². The minimum Gasteiger partial charge on any atom is -0.480 e. The second-order valence-electron chi connectivity index (χ2n) is 5.61. The van der Waals surface area contributed by atoms with Crippen LogP contribution in [0, 0.1) is 0 Å². The summed E-state index contributed by atoms with van der Waals surface area (Å²) in [5.41, 5.74) is -0.489. The second-order valence-corrected chi connectivity index (χ2v) is 5.61. The van der Waals surface area contributed by atoms with E-state index in [4.69, 9.17) is 9.84 Å². The molecule has 0 aromatic rings. The van der Waals surface area contributed by atoms with Gasteiger partial charge in [0.25, 0.3) is 0 Å². The van der Waals surface area contributed by atoms with Gasteiger partial charge in [-0.05, 0) is 44.9 Å². The number of rotatable bonds is 3. The first-order valence-electron chi connectivity index (χ1n) is 6.29. The Balaban J connectivity index is 1.61. The molecule has 0 aromatic heterocycles. The Bertz CT molecular complexity index is 307. The maximum Gasteiger partial charge on any atom is 0.323 e. The van der Waals surface area contributed by atoms with Gasteiger partial charge in [0, 0.05) is 12.6 Å². The third-order valence-corrected chi connectivity index (χ3v) is 4.40.